The SMILES string of the molecule is Cc1[nH]c2ccccc2c1CC(=O)NC(Cc1ccccc1)c1nccn1-c1ccc(C#N)cc1. The zero-order chi connectivity index (χ0) is 24.2. The number of hydrogen-bond donors (Lipinski definition) is 2. The van der Waals surface area contributed by atoms with Crippen LogP contribution in [0.3, 0.4) is 0 Å². The lowest BCUT2D eigenvalue weighted by Gasteiger charge is -2.20. The van der Waals surface area contributed by atoms with Crippen molar-refractivity contribution in [1.82, 2.24) is 19.9 Å². The predicted octanol–water partition coefficient (Wildman–Crippen LogP) is 5.18. The van der Waals surface area contributed by atoms with Crippen LogP contribution in [0.25, 0.3) is 16.6 Å². The van der Waals surface area contributed by atoms with Crippen molar-refractivity contribution in [2.24, 2.45) is 0 Å². The van der Waals surface area contributed by atoms with Crippen molar-refractivity contribution in [1.29, 1.82) is 5.26 Å². The number of imidazole rings is 1. The predicted molar refractivity (Wildman–Crippen MR) is 136 cm³/mol. The zero-order valence-electron chi connectivity index (χ0n) is 19.4. The molecule has 0 aliphatic carbocycles. The number of aryl methyl sites for hydroxylation is 1. The van der Waals surface area contributed by atoms with Crippen molar-refractivity contribution in [2.45, 2.75) is 25.8 Å². The maximum atomic E-state index is 13.3. The molecule has 0 radical (unpaired) electrons. The second kappa shape index (κ2) is 9.70. The first kappa shape index (κ1) is 22.2. The molecule has 6 heteroatoms. The van der Waals surface area contributed by atoms with Crippen LogP contribution < -0.4 is 5.32 Å². The minimum atomic E-state index is -0.332. The van der Waals surface area contributed by atoms with Gasteiger partial charge in [0.1, 0.15) is 5.82 Å². The molecule has 0 spiro atoms. The number of nitrogens with one attached hydrogen (secondary N) is 2. The van der Waals surface area contributed by atoms with Crippen LogP contribution >= 0.6 is 0 Å². The summed E-state index contributed by atoms with van der Waals surface area (Å²) < 4.78 is 1.96. The molecule has 0 bridgehead atoms. The molecule has 1 amide bonds. The molecule has 35 heavy (non-hydrogen) atoms. The molecule has 2 heterocycles. The Kier molecular flexibility index (Phi) is 6.15. The lowest BCUT2D eigenvalue weighted by Crippen LogP contribution is -2.33. The molecular weight excluding hydrogens is 434 g/mol. The topological polar surface area (TPSA) is 86.5 Å². The van der Waals surface area contributed by atoms with E-state index in [1.54, 1.807) is 18.3 Å². The van der Waals surface area contributed by atoms with Crippen molar-refractivity contribution < 1.29 is 4.79 Å². The van der Waals surface area contributed by atoms with Gasteiger partial charge in [0.15, 0.2) is 0 Å². The Hall–Kier alpha value is -4.63. The number of carbonyl (C=O) groups is 1. The molecule has 2 N–H and O–H groups in total. The van der Waals surface area contributed by atoms with Crippen LogP contribution in [0.1, 0.15) is 34.3 Å². The van der Waals surface area contributed by atoms with Crippen molar-refractivity contribution in [3.8, 4) is 11.8 Å². The van der Waals surface area contributed by atoms with E-state index in [0.29, 0.717) is 12.0 Å². The van der Waals surface area contributed by atoms with Gasteiger partial charge in [-0.05, 0) is 54.8 Å². The highest BCUT2D eigenvalue weighted by Gasteiger charge is 2.22. The van der Waals surface area contributed by atoms with E-state index in [-0.39, 0.29) is 18.4 Å². The minimum absolute atomic E-state index is 0.0619. The van der Waals surface area contributed by atoms with E-state index < -0.39 is 0 Å². The molecule has 0 saturated heterocycles. The van der Waals surface area contributed by atoms with E-state index in [1.165, 1.54) is 0 Å². The van der Waals surface area contributed by atoms with Crippen LogP contribution in [0.15, 0.2) is 91.3 Å². The van der Waals surface area contributed by atoms with Gasteiger partial charge in [0, 0.05) is 34.7 Å². The first-order valence-electron chi connectivity index (χ1n) is 11.6. The molecule has 0 fully saturated rings. The van der Waals surface area contributed by atoms with Crippen LogP contribution in [0.2, 0.25) is 0 Å². The normalized spacial score (nSPS) is 11.8. The van der Waals surface area contributed by atoms with E-state index in [4.69, 9.17) is 5.26 Å². The molecule has 5 rings (SSSR count). The fourth-order valence-electron chi connectivity index (χ4n) is 4.51. The Bertz CT molecular complexity index is 1510. The fourth-order valence-corrected chi connectivity index (χ4v) is 4.51. The minimum Gasteiger partial charge on any atom is -0.358 e. The van der Waals surface area contributed by atoms with Gasteiger partial charge in [0.05, 0.1) is 24.1 Å². The van der Waals surface area contributed by atoms with Crippen molar-refractivity contribution >= 4 is 16.8 Å². The second-order valence-corrected chi connectivity index (χ2v) is 8.57. The molecule has 1 unspecified atom stereocenters. The molecule has 1 atom stereocenters. The lowest BCUT2D eigenvalue weighted by atomic mass is 10.0. The smallest absolute Gasteiger partial charge is 0.225 e. The number of H-pyrrole nitrogens is 1. The summed E-state index contributed by atoms with van der Waals surface area (Å²) in [4.78, 5) is 21.3. The number of hydrogen-bond acceptors (Lipinski definition) is 3. The first-order chi connectivity index (χ1) is 17.1. The summed E-state index contributed by atoms with van der Waals surface area (Å²) in [5, 5.41) is 13.4. The summed E-state index contributed by atoms with van der Waals surface area (Å²) in [5.74, 6) is 0.677. The van der Waals surface area contributed by atoms with Gasteiger partial charge < -0.3 is 14.9 Å². The summed E-state index contributed by atoms with van der Waals surface area (Å²) >= 11 is 0. The Morgan fingerprint density at radius 2 is 1.80 bits per heavy atom. The molecule has 172 valence electrons. The third kappa shape index (κ3) is 4.71. The molecule has 3 aromatic carbocycles. The lowest BCUT2D eigenvalue weighted by molar-refractivity contribution is -0.121. The number of benzene rings is 3. The number of aromatic nitrogens is 3. The van der Waals surface area contributed by atoms with E-state index in [2.05, 4.69) is 33.5 Å². The summed E-state index contributed by atoms with van der Waals surface area (Å²) in [7, 11) is 0. The molecular formula is C29H25N5O. The van der Waals surface area contributed by atoms with E-state index >= 15 is 0 Å². The highest BCUT2D eigenvalue weighted by Crippen LogP contribution is 2.24. The number of amides is 1. The summed E-state index contributed by atoms with van der Waals surface area (Å²) in [5.41, 5.74) is 5.63. The second-order valence-electron chi connectivity index (χ2n) is 8.57. The maximum absolute atomic E-state index is 13.3. The highest BCUT2D eigenvalue weighted by atomic mass is 16.1. The van der Waals surface area contributed by atoms with E-state index in [1.807, 2.05) is 72.3 Å². The molecule has 0 aliphatic rings. The summed E-state index contributed by atoms with van der Waals surface area (Å²) in [6.07, 6.45) is 4.50. The Balaban J connectivity index is 1.45. The number of aromatic amines is 1. The average molecular weight is 460 g/mol. The number of fused-ring (bicyclic) bond motifs is 1. The molecule has 0 saturated carbocycles. The van der Waals surface area contributed by atoms with Crippen LogP contribution in [-0.4, -0.2) is 20.4 Å². The number of nitrogens with zero attached hydrogens (tertiary/aromatic N) is 3. The highest BCUT2D eigenvalue weighted by molar-refractivity contribution is 5.90. The number of nitriles is 1. The van der Waals surface area contributed by atoms with Gasteiger partial charge in [-0.15, -0.1) is 0 Å². The first-order valence-corrected chi connectivity index (χ1v) is 11.6. The maximum Gasteiger partial charge on any atom is 0.225 e. The van der Waals surface area contributed by atoms with Crippen LogP contribution in [0.5, 0.6) is 0 Å². The largest absolute Gasteiger partial charge is 0.358 e. The van der Waals surface area contributed by atoms with Gasteiger partial charge in [-0.1, -0.05) is 48.5 Å². The van der Waals surface area contributed by atoms with Gasteiger partial charge in [0.25, 0.3) is 0 Å². The number of para-hydroxylation sites is 1. The molecule has 2 aromatic heterocycles. The summed E-state index contributed by atoms with van der Waals surface area (Å²) in [6, 6.07) is 27.3. The van der Waals surface area contributed by atoms with Crippen molar-refractivity contribution in [3.05, 3.63) is 119 Å². The van der Waals surface area contributed by atoms with Gasteiger partial charge in [-0.3, -0.25) is 4.79 Å². The van der Waals surface area contributed by atoms with Gasteiger partial charge >= 0.3 is 0 Å². The third-order valence-electron chi connectivity index (χ3n) is 6.24. The zero-order valence-corrected chi connectivity index (χ0v) is 19.4. The fraction of sp³-hybridized carbons (Fsp3) is 0.138. The number of rotatable bonds is 7. The van der Waals surface area contributed by atoms with Gasteiger partial charge in [-0.2, -0.15) is 5.26 Å². The Morgan fingerprint density at radius 1 is 1.06 bits per heavy atom. The quantitative estimate of drug-likeness (QED) is 0.352. The van der Waals surface area contributed by atoms with Crippen LogP contribution in [-0.2, 0) is 17.6 Å². The van der Waals surface area contributed by atoms with Crippen molar-refractivity contribution in [2.75, 3.05) is 0 Å². The third-order valence-corrected chi connectivity index (χ3v) is 6.24. The van der Waals surface area contributed by atoms with Crippen LogP contribution in [0, 0.1) is 18.3 Å². The Morgan fingerprint density at radius 3 is 2.57 bits per heavy atom. The molecule has 0 aliphatic heterocycles. The van der Waals surface area contributed by atoms with Gasteiger partial charge in [-0.25, -0.2) is 4.98 Å². The van der Waals surface area contributed by atoms with E-state index in [9.17, 15) is 4.79 Å². The Labute approximate surface area is 203 Å². The number of carbonyl (C=O) groups excluding carboxylic acids is 1. The van der Waals surface area contributed by atoms with Crippen molar-refractivity contribution in [3.63, 3.8) is 0 Å². The molecule has 5 aromatic rings. The summed E-state index contributed by atoms with van der Waals surface area (Å²) in [6.45, 7) is 2.00. The van der Waals surface area contributed by atoms with E-state index in [0.717, 1.165) is 39.2 Å². The monoisotopic (exact) mass is 459 g/mol. The standard InChI is InChI=1S/C29H25N5O/c1-20-25(24-9-5-6-10-26(24)32-20)18-28(35)33-27(17-21-7-3-2-4-8-21)29-31-15-16-34(29)23-13-11-22(19-30)12-14-23/h2-16,27,32H,17-18H2,1H3,(H,33,35). The average Bonchev–Trinajstić information content (AvgIpc) is 3.49. The molecule has 6 nitrogen and oxygen atoms in total. The van der Waals surface area contributed by atoms with Crippen LogP contribution in [0.4, 0.5) is 0 Å². The van der Waals surface area contributed by atoms with Gasteiger partial charge in [0.2, 0.25) is 5.91 Å².